The third kappa shape index (κ3) is 4.67. The van der Waals surface area contributed by atoms with E-state index >= 15 is 0 Å². The fourth-order valence-electron chi connectivity index (χ4n) is 1.62. The van der Waals surface area contributed by atoms with Crippen molar-refractivity contribution in [1.82, 2.24) is 0 Å². The summed E-state index contributed by atoms with van der Waals surface area (Å²) in [6, 6.07) is 5.08. The van der Waals surface area contributed by atoms with E-state index in [0.717, 1.165) is 0 Å². The van der Waals surface area contributed by atoms with E-state index in [-0.39, 0.29) is 0 Å². The number of anilines is 1. The summed E-state index contributed by atoms with van der Waals surface area (Å²) in [4.78, 5) is 16.8. The molecule has 0 aliphatic rings. The van der Waals surface area contributed by atoms with E-state index in [1.54, 1.807) is 52.8 Å². The van der Waals surface area contributed by atoms with Crippen LogP contribution >= 0.6 is 11.6 Å². The molecule has 0 fully saturated rings. The fraction of sp³-hybridized carbons (Fsp3) is 0.500. The van der Waals surface area contributed by atoms with Crippen LogP contribution in [-0.2, 0) is 15.2 Å². The summed E-state index contributed by atoms with van der Waals surface area (Å²) < 4.78 is 5.22. The van der Waals surface area contributed by atoms with Crippen LogP contribution in [0.1, 0.15) is 40.2 Å². The second-order valence-corrected chi connectivity index (χ2v) is 6.38. The van der Waals surface area contributed by atoms with Crippen LogP contribution in [-0.4, -0.2) is 11.7 Å². The summed E-state index contributed by atoms with van der Waals surface area (Å²) in [7, 11) is 0. The van der Waals surface area contributed by atoms with Crippen LogP contribution in [0.25, 0.3) is 0 Å². The van der Waals surface area contributed by atoms with Crippen molar-refractivity contribution < 1.29 is 14.4 Å². The molecule has 0 heterocycles. The molecule has 0 bridgehead atoms. The predicted octanol–water partition coefficient (Wildman–Crippen LogP) is 3.81. The summed E-state index contributed by atoms with van der Waals surface area (Å²) in [5.41, 5.74) is -0.144. The molecule has 0 atom stereocenters. The zero-order valence-electron chi connectivity index (χ0n) is 12.4. The SMILES string of the molecule is CC(C)(C)OC(=O)Nc1cc(Cl)ccc1C(C)(C)ON. The van der Waals surface area contributed by atoms with Crippen LogP contribution in [0.4, 0.5) is 10.5 Å². The highest BCUT2D eigenvalue weighted by atomic mass is 35.5. The maximum absolute atomic E-state index is 11.9. The van der Waals surface area contributed by atoms with E-state index in [0.29, 0.717) is 16.3 Å². The number of halogens is 1. The second kappa shape index (κ2) is 5.99. The van der Waals surface area contributed by atoms with Gasteiger partial charge in [0.15, 0.2) is 0 Å². The highest BCUT2D eigenvalue weighted by Crippen LogP contribution is 2.32. The highest BCUT2D eigenvalue weighted by Gasteiger charge is 2.26. The van der Waals surface area contributed by atoms with Gasteiger partial charge in [-0.3, -0.25) is 10.2 Å². The summed E-state index contributed by atoms with van der Waals surface area (Å²) in [6.45, 7) is 8.95. The molecule has 20 heavy (non-hydrogen) atoms. The van der Waals surface area contributed by atoms with Crippen molar-refractivity contribution in [2.45, 2.75) is 45.8 Å². The second-order valence-electron chi connectivity index (χ2n) is 5.94. The molecular weight excluding hydrogens is 280 g/mol. The van der Waals surface area contributed by atoms with Gasteiger partial charge >= 0.3 is 6.09 Å². The lowest BCUT2D eigenvalue weighted by Gasteiger charge is -2.26. The lowest BCUT2D eigenvalue weighted by atomic mass is 9.96. The van der Waals surface area contributed by atoms with Crippen LogP contribution in [0.3, 0.4) is 0 Å². The van der Waals surface area contributed by atoms with Gasteiger partial charge in [0.25, 0.3) is 0 Å². The average molecular weight is 301 g/mol. The monoisotopic (exact) mass is 300 g/mol. The van der Waals surface area contributed by atoms with Crippen molar-refractivity contribution in [3.8, 4) is 0 Å². The minimum absolute atomic E-state index is 0.493. The zero-order valence-corrected chi connectivity index (χ0v) is 13.2. The molecule has 0 saturated heterocycles. The quantitative estimate of drug-likeness (QED) is 0.832. The number of benzene rings is 1. The Morgan fingerprint density at radius 2 is 1.85 bits per heavy atom. The number of carbonyl (C=O) groups excluding carboxylic acids is 1. The molecule has 0 spiro atoms. The summed E-state index contributed by atoms with van der Waals surface area (Å²) in [5.74, 6) is 5.30. The number of amides is 1. The number of rotatable bonds is 3. The number of ether oxygens (including phenoxy) is 1. The molecule has 5 nitrogen and oxygen atoms in total. The molecule has 0 aliphatic carbocycles. The molecule has 0 aliphatic heterocycles. The summed E-state index contributed by atoms with van der Waals surface area (Å²) >= 11 is 5.96. The topological polar surface area (TPSA) is 73.6 Å². The predicted molar refractivity (Wildman–Crippen MR) is 79.6 cm³/mol. The van der Waals surface area contributed by atoms with Gasteiger partial charge in [0.1, 0.15) is 11.2 Å². The van der Waals surface area contributed by atoms with E-state index in [2.05, 4.69) is 5.32 Å². The van der Waals surface area contributed by atoms with E-state index < -0.39 is 17.3 Å². The summed E-state index contributed by atoms with van der Waals surface area (Å²) in [6.07, 6.45) is -0.561. The molecule has 1 rings (SSSR count). The van der Waals surface area contributed by atoms with Crippen molar-refractivity contribution in [1.29, 1.82) is 0 Å². The Kier molecular flexibility index (Phi) is 5.02. The maximum Gasteiger partial charge on any atom is 0.412 e. The minimum atomic E-state index is -0.769. The van der Waals surface area contributed by atoms with Gasteiger partial charge in [-0.1, -0.05) is 17.7 Å². The van der Waals surface area contributed by atoms with Crippen molar-refractivity contribution in [2.75, 3.05) is 5.32 Å². The van der Waals surface area contributed by atoms with Gasteiger partial charge in [0.05, 0.1) is 5.69 Å². The van der Waals surface area contributed by atoms with Crippen LogP contribution in [0.2, 0.25) is 5.02 Å². The lowest BCUT2D eigenvalue weighted by molar-refractivity contribution is -0.0231. The van der Waals surface area contributed by atoms with Crippen molar-refractivity contribution >= 4 is 23.4 Å². The smallest absolute Gasteiger partial charge is 0.412 e. The van der Waals surface area contributed by atoms with Crippen LogP contribution in [0.5, 0.6) is 0 Å². The highest BCUT2D eigenvalue weighted by molar-refractivity contribution is 6.31. The van der Waals surface area contributed by atoms with Gasteiger partial charge in [0.2, 0.25) is 0 Å². The molecule has 0 aromatic heterocycles. The van der Waals surface area contributed by atoms with Crippen LogP contribution in [0, 0.1) is 0 Å². The first kappa shape index (κ1) is 16.8. The number of carbonyl (C=O) groups is 1. The molecule has 1 aromatic carbocycles. The Hall–Kier alpha value is -1.30. The van der Waals surface area contributed by atoms with Gasteiger partial charge in [-0.25, -0.2) is 10.7 Å². The molecular formula is C14H21ClN2O3. The Morgan fingerprint density at radius 3 is 2.35 bits per heavy atom. The zero-order chi connectivity index (χ0) is 15.6. The molecule has 0 unspecified atom stereocenters. The summed E-state index contributed by atoms with van der Waals surface area (Å²) in [5, 5.41) is 3.16. The van der Waals surface area contributed by atoms with E-state index in [9.17, 15) is 4.79 Å². The first-order valence-corrected chi connectivity index (χ1v) is 6.61. The Labute approximate surface area is 124 Å². The third-order valence-electron chi connectivity index (χ3n) is 2.56. The van der Waals surface area contributed by atoms with Gasteiger partial charge in [-0.15, -0.1) is 0 Å². The number of hydrogen-bond acceptors (Lipinski definition) is 4. The molecule has 1 amide bonds. The first-order valence-electron chi connectivity index (χ1n) is 6.23. The van der Waals surface area contributed by atoms with Crippen molar-refractivity contribution in [3.05, 3.63) is 28.8 Å². The number of nitrogens with one attached hydrogen (secondary N) is 1. The van der Waals surface area contributed by atoms with Crippen molar-refractivity contribution in [3.63, 3.8) is 0 Å². The molecule has 0 radical (unpaired) electrons. The third-order valence-corrected chi connectivity index (χ3v) is 2.80. The largest absolute Gasteiger partial charge is 0.444 e. The minimum Gasteiger partial charge on any atom is -0.444 e. The van der Waals surface area contributed by atoms with Gasteiger partial charge in [-0.05, 0) is 46.8 Å². The average Bonchev–Trinajstić information content (AvgIpc) is 2.25. The Bertz CT molecular complexity index is 496. The Morgan fingerprint density at radius 1 is 1.25 bits per heavy atom. The fourth-order valence-corrected chi connectivity index (χ4v) is 1.79. The molecule has 0 saturated carbocycles. The van der Waals surface area contributed by atoms with Gasteiger partial charge in [-0.2, -0.15) is 0 Å². The van der Waals surface area contributed by atoms with E-state index in [1.807, 2.05) is 0 Å². The first-order chi connectivity index (χ1) is 9.05. The van der Waals surface area contributed by atoms with Crippen molar-refractivity contribution in [2.24, 2.45) is 5.90 Å². The molecule has 6 heteroatoms. The Balaban J connectivity index is 3.05. The van der Waals surface area contributed by atoms with E-state index in [1.165, 1.54) is 0 Å². The van der Waals surface area contributed by atoms with Gasteiger partial charge in [0, 0.05) is 10.6 Å². The lowest BCUT2D eigenvalue weighted by Crippen LogP contribution is -2.30. The normalized spacial score (nSPS) is 12.2. The standard InChI is InChI=1S/C14H21ClN2O3/c1-13(2,3)19-12(18)17-11-8-9(15)6-7-10(11)14(4,5)20-16/h6-8H,16H2,1-5H3,(H,17,18). The number of hydrogen-bond donors (Lipinski definition) is 2. The molecule has 112 valence electrons. The molecule has 1 aromatic rings. The van der Waals surface area contributed by atoms with Crippen LogP contribution < -0.4 is 11.2 Å². The number of nitrogens with two attached hydrogens (primary N) is 1. The molecule has 3 N–H and O–H groups in total. The van der Waals surface area contributed by atoms with E-state index in [4.69, 9.17) is 27.1 Å². The van der Waals surface area contributed by atoms with Crippen LogP contribution in [0.15, 0.2) is 18.2 Å². The van der Waals surface area contributed by atoms with Gasteiger partial charge < -0.3 is 4.74 Å². The maximum atomic E-state index is 11.9.